The van der Waals surface area contributed by atoms with Crippen molar-refractivity contribution in [3.8, 4) is 5.75 Å². The Balaban J connectivity index is 1.57. The molecule has 1 atom stereocenters. The second-order valence-corrected chi connectivity index (χ2v) is 7.83. The average Bonchev–Trinajstić information content (AvgIpc) is 3.52. The van der Waals surface area contributed by atoms with Crippen LogP contribution < -0.4 is 10.1 Å². The van der Waals surface area contributed by atoms with Gasteiger partial charge in [-0.3, -0.25) is 10.1 Å². The molecule has 1 N–H and O–H groups in total. The van der Waals surface area contributed by atoms with Gasteiger partial charge in [0.1, 0.15) is 18.5 Å². The Morgan fingerprint density at radius 3 is 2.57 bits per heavy atom. The lowest BCUT2D eigenvalue weighted by molar-refractivity contribution is -0.137. The van der Waals surface area contributed by atoms with E-state index in [0.29, 0.717) is 15.7 Å². The molecule has 0 bridgehead atoms. The largest absolute Gasteiger partial charge is 0.490 e. The number of hydrogen-bond acceptors (Lipinski definition) is 4. The van der Waals surface area contributed by atoms with Crippen molar-refractivity contribution in [3.63, 3.8) is 0 Å². The second-order valence-electron chi connectivity index (χ2n) is 6.98. The minimum atomic E-state index is -4.47. The van der Waals surface area contributed by atoms with Crippen molar-refractivity contribution >= 4 is 33.5 Å². The van der Waals surface area contributed by atoms with Crippen molar-refractivity contribution in [1.82, 2.24) is 0 Å². The number of nitrogens with one attached hydrogen (secondary N) is 1. The number of Topliss-reactive ketones (excluding diaryl/α,β-unsaturated/α-hetero) is 1. The number of carbonyl (C=O) groups is 2. The molecular weight excluding hydrogens is 467 g/mol. The zero-order valence-corrected chi connectivity index (χ0v) is 17.5. The first-order chi connectivity index (χ1) is 14.1. The molecule has 0 aliphatic heterocycles. The minimum absolute atomic E-state index is 0.0174. The van der Waals surface area contributed by atoms with Crippen molar-refractivity contribution < 1.29 is 32.2 Å². The molecule has 1 saturated carbocycles. The van der Waals surface area contributed by atoms with E-state index >= 15 is 0 Å². The Hall–Kier alpha value is -2.55. The smallest absolute Gasteiger partial charge is 0.416 e. The van der Waals surface area contributed by atoms with Gasteiger partial charge in [0.25, 0.3) is 0 Å². The van der Waals surface area contributed by atoms with Crippen molar-refractivity contribution in [3.05, 3.63) is 58.1 Å². The lowest BCUT2D eigenvalue weighted by atomic mass is 10.1. The number of rotatable bonds is 7. The molecule has 2 aromatic carbocycles. The molecule has 3 rings (SSSR count). The number of ketones is 1. The maximum absolute atomic E-state index is 12.8. The predicted molar refractivity (Wildman–Crippen MR) is 108 cm³/mol. The highest BCUT2D eigenvalue weighted by molar-refractivity contribution is 9.10. The van der Waals surface area contributed by atoms with Crippen molar-refractivity contribution in [2.24, 2.45) is 5.92 Å². The molecule has 1 amide bonds. The third-order valence-electron chi connectivity index (χ3n) is 4.41. The van der Waals surface area contributed by atoms with Gasteiger partial charge >= 0.3 is 12.3 Å². The van der Waals surface area contributed by atoms with Crippen LogP contribution in [0.5, 0.6) is 5.75 Å². The summed E-state index contributed by atoms with van der Waals surface area (Å²) in [5, 5.41) is 2.57. The van der Waals surface area contributed by atoms with E-state index in [1.54, 1.807) is 25.1 Å². The summed E-state index contributed by atoms with van der Waals surface area (Å²) in [4.78, 5) is 24.7. The van der Waals surface area contributed by atoms with Crippen LogP contribution in [0.1, 0.15) is 35.7 Å². The first-order valence-electron chi connectivity index (χ1n) is 9.25. The molecule has 0 radical (unpaired) electrons. The molecule has 1 fully saturated rings. The Labute approximate surface area is 179 Å². The lowest BCUT2D eigenvalue weighted by Crippen LogP contribution is -2.26. The fraction of sp³-hybridized carbons (Fsp3) is 0.333. The van der Waals surface area contributed by atoms with E-state index in [9.17, 15) is 22.8 Å². The zero-order chi connectivity index (χ0) is 21.9. The molecule has 9 heteroatoms. The van der Waals surface area contributed by atoms with Crippen LogP contribution in [0, 0.1) is 5.92 Å². The molecule has 0 aromatic heterocycles. The van der Waals surface area contributed by atoms with E-state index in [2.05, 4.69) is 21.2 Å². The van der Waals surface area contributed by atoms with Crippen LogP contribution in [0.2, 0.25) is 0 Å². The number of ether oxygens (including phenoxy) is 2. The molecule has 160 valence electrons. The van der Waals surface area contributed by atoms with Gasteiger partial charge in [-0.1, -0.05) is 12.1 Å². The molecule has 1 aliphatic carbocycles. The van der Waals surface area contributed by atoms with E-state index in [0.717, 1.165) is 25.0 Å². The third-order valence-corrected chi connectivity index (χ3v) is 5.07. The summed E-state index contributed by atoms with van der Waals surface area (Å²) in [5.74, 6) is -0.0352. The van der Waals surface area contributed by atoms with Gasteiger partial charge in [-0.15, -0.1) is 0 Å². The van der Waals surface area contributed by atoms with Crippen molar-refractivity contribution in [2.45, 2.75) is 32.0 Å². The first-order valence-corrected chi connectivity index (χ1v) is 10.0. The highest BCUT2D eigenvalue weighted by Gasteiger charge is 2.33. The molecule has 1 aliphatic rings. The van der Waals surface area contributed by atoms with E-state index in [-0.39, 0.29) is 24.1 Å². The van der Waals surface area contributed by atoms with E-state index in [1.165, 1.54) is 12.1 Å². The average molecular weight is 486 g/mol. The number of alkyl halides is 3. The van der Waals surface area contributed by atoms with Gasteiger partial charge in [-0.05, 0) is 66.0 Å². The Morgan fingerprint density at radius 1 is 1.20 bits per heavy atom. The highest BCUT2D eigenvalue weighted by atomic mass is 79.9. The predicted octanol–water partition coefficient (Wildman–Crippen LogP) is 6.08. The summed E-state index contributed by atoms with van der Waals surface area (Å²) >= 11 is 3.32. The van der Waals surface area contributed by atoms with Crippen LogP contribution >= 0.6 is 15.9 Å². The highest BCUT2D eigenvalue weighted by Crippen LogP contribution is 2.37. The molecule has 0 saturated heterocycles. The second kappa shape index (κ2) is 9.07. The van der Waals surface area contributed by atoms with Crippen molar-refractivity contribution in [2.75, 3.05) is 11.9 Å². The number of carbonyl (C=O) groups excluding carboxylic acids is 2. The Bertz CT molecular complexity index is 944. The summed E-state index contributed by atoms with van der Waals surface area (Å²) in [7, 11) is 0. The van der Waals surface area contributed by atoms with Gasteiger partial charge in [-0.25, -0.2) is 4.79 Å². The number of para-hydroxylation sites is 1. The zero-order valence-electron chi connectivity index (χ0n) is 16.0. The molecule has 0 spiro atoms. The van der Waals surface area contributed by atoms with Crippen molar-refractivity contribution in [1.29, 1.82) is 0 Å². The summed E-state index contributed by atoms with van der Waals surface area (Å²) in [6, 6.07) is 9.49. The van der Waals surface area contributed by atoms with Gasteiger partial charge in [0.15, 0.2) is 5.78 Å². The number of amides is 1. The fourth-order valence-corrected chi connectivity index (χ4v) is 3.21. The van der Waals surface area contributed by atoms with E-state index in [4.69, 9.17) is 9.47 Å². The van der Waals surface area contributed by atoms with Crippen LogP contribution in [-0.4, -0.2) is 24.6 Å². The monoisotopic (exact) mass is 485 g/mol. The topological polar surface area (TPSA) is 64.6 Å². The number of hydrogen-bond donors (Lipinski definition) is 1. The maximum Gasteiger partial charge on any atom is 0.416 e. The minimum Gasteiger partial charge on any atom is -0.490 e. The summed E-state index contributed by atoms with van der Waals surface area (Å²) in [5.41, 5.74) is -0.102. The number of halogens is 4. The molecular formula is C21H19BrF3NO4. The quantitative estimate of drug-likeness (QED) is 0.482. The fourth-order valence-electron chi connectivity index (χ4n) is 2.75. The molecule has 2 aromatic rings. The van der Waals surface area contributed by atoms with Crippen LogP contribution in [-0.2, 0) is 10.9 Å². The summed E-state index contributed by atoms with van der Waals surface area (Å²) in [6.07, 6.45) is -4.35. The van der Waals surface area contributed by atoms with Gasteiger partial charge < -0.3 is 9.47 Å². The number of anilines is 1. The standard InChI is InChI=1S/C21H19BrF3NO4/c1-12(11-29-15-5-2-4-14(10-15)21(23,24)25)30-20(28)26-18-16(6-3-7-17(18)22)19(27)13-8-9-13/h2-7,10,12-13H,8-9,11H2,1H3,(H,26,28). The van der Waals surface area contributed by atoms with E-state index in [1.807, 2.05) is 0 Å². The van der Waals surface area contributed by atoms with E-state index < -0.39 is 23.9 Å². The third kappa shape index (κ3) is 5.75. The van der Waals surface area contributed by atoms with Gasteiger partial charge in [0.2, 0.25) is 0 Å². The maximum atomic E-state index is 12.8. The van der Waals surface area contributed by atoms with Gasteiger partial charge in [0.05, 0.1) is 11.3 Å². The number of benzene rings is 2. The Kier molecular flexibility index (Phi) is 6.70. The molecule has 30 heavy (non-hydrogen) atoms. The van der Waals surface area contributed by atoms with Crippen LogP contribution in [0.25, 0.3) is 0 Å². The lowest BCUT2D eigenvalue weighted by Gasteiger charge is -2.17. The normalized spacial score (nSPS) is 14.7. The summed E-state index contributed by atoms with van der Waals surface area (Å²) < 4.78 is 49.3. The van der Waals surface area contributed by atoms with Crippen LogP contribution in [0.15, 0.2) is 46.9 Å². The van der Waals surface area contributed by atoms with Crippen LogP contribution in [0.3, 0.4) is 0 Å². The SMILES string of the molecule is CC(COc1cccc(C(F)(F)F)c1)OC(=O)Nc1c(Br)cccc1C(=O)C1CC1. The van der Waals surface area contributed by atoms with Gasteiger partial charge in [0, 0.05) is 16.0 Å². The molecule has 5 nitrogen and oxygen atoms in total. The first kappa shape index (κ1) is 22.1. The molecule has 1 unspecified atom stereocenters. The van der Waals surface area contributed by atoms with Gasteiger partial charge in [-0.2, -0.15) is 13.2 Å². The summed E-state index contributed by atoms with van der Waals surface area (Å²) in [6.45, 7) is 1.40. The molecule has 0 heterocycles. The van der Waals surface area contributed by atoms with Crippen LogP contribution in [0.4, 0.5) is 23.7 Å². The Morgan fingerprint density at radius 2 is 1.90 bits per heavy atom.